The van der Waals surface area contributed by atoms with E-state index in [4.69, 9.17) is 4.42 Å². The van der Waals surface area contributed by atoms with Crippen molar-refractivity contribution in [3.05, 3.63) is 98.9 Å². The molecule has 4 aromatic rings. The number of nitro benzene ring substituents is 1. The van der Waals surface area contributed by atoms with Crippen molar-refractivity contribution in [1.82, 2.24) is 4.98 Å². The minimum absolute atomic E-state index is 0.119. The Morgan fingerprint density at radius 3 is 2.61 bits per heavy atom. The minimum atomic E-state index is -0.505. The summed E-state index contributed by atoms with van der Waals surface area (Å²) in [4.78, 5) is 28.0. The number of nitriles is 1. The zero-order chi connectivity index (χ0) is 23.4. The fourth-order valence-electron chi connectivity index (χ4n) is 3.07. The van der Waals surface area contributed by atoms with Gasteiger partial charge >= 0.3 is 0 Å². The van der Waals surface area contributed by atoms with Crippen LogP contribution in [-0.4, -0.2) is 15.8 Å². The topological polar surface area (TPSA) is 122 Å². The monoisotopic (exact) mass is 456 g/mol. The Morgan fingerprint density at radius 1 is 1.18 bits per heavy atom. The first-order chi connectivity index (χ1) is 16.0. The van der Waals surface area contributed by atoms with E-state index in [2.05, 4.69) is 16.4 Å². The highest BCUT2D eigenvalue weighted by molar-refractivity contribution is 7.17. The van der Waals surface area contributed by atoms with E-state index in [1.165, 1.54) is 24.5 Å². The number of aryl methyl sites for hydroxylation is 1. The number of thiazole rings is 1. The number of nitrogens with zero attached hydrogens (tertiary/aromatic N) is 3. The molecule has 0 fully saturated rings. The molecule has 0 unspecified atom stereocenters. The number of carbonyl (C=O) groups excluding carboxylic acids is 1. The summed E-state index contributed by atoms with van der Waals surface area (Å²) in [5, 5.41) is 24.7. The summed E-state index contributed by atoms with van der Waals surface area (Å²) in [5.74, 6) is -0.319. The van der Waals surface area contributed by atoms with Gasteiger partial charge in [-0.3, -0.25) is 14.9 Å². The van der Waals surface area contributed by atoms with Crippen molar-refractivity contribution >= 4 is 39.6 Å². The number of amides is 1. The molecule has 0 saturated carbocycles. The molecule has 2 aromatic carbocycles. The normalized spacial score (nSPS) is 11.1. The van der Waals surface area contributed by atoms with Gasteiger partial charge in [-0.25, -0.2) is 4.98 Å². The molecule has 162 valence electrons. The highest BCUT2D eigenvalue weighted by Crippen LogP contribution is 2.37. The molecule has 8 nitrogen and oxygen atoms in total. The molecule has 33 heavy (non-hydrogen) atoms. The lowest BCUT2D eigenvalue weighted by atomic mass is 10.1. The number of hydrogen-bond donors (Lipinski definition) is 1. The SMILES string of the molecule is Cc1ccc(-c2nc(/C(C#N)=C/c3ccccc3[N+](=O)[O-])sc2NC(=O)c2ccco2)cc1. The first-order valence-corrected chi connectivity index (χ1v) is 10.6. The number of hydrogen-bond acceptors (Lipinski definition) is 7. The highest BCUT2D eigenvalue weighted by Gasteiger charge is 2.20. The summed E-state index contributed by atoms with van der Waals surface area (Å²) in [5.41, 5.74) is 2.60. The molecule has 0 bridgehead atoms. The average Bonchev–Trinajstić information content (AvgIpc) is 3.49. The number of rotatable bonds is 6. The maximum absolute atomic E-state index is 12.6. The number of nitrogens with one attached hydrogen (secondary N) is 1. The Kier molecular flexibility index (Phi) is 6.11. The van der Waals surface area contributed by atoms with Crippen LogP contribution in [0.2, 0.25) is 0 Å². The molecule has 0 aliphatic heterocycles. The fraction of sp³-hybridized carbons (Fsp3) is 0.0417. The van der Waals surface area contributed by atoms with Gasteiger partial charge in [-0.15, -0.1) is 0 Å². The number of aromatic nitrogens is 1. The van der Waals surface area contributed by atoms with Crippen LogP contribution in [0, 0.1) is 28.4 Å². The molecule has 0 radical (unpaired) electrons. The standard InChI is InChI=1S/C24H16N4O4S/c1-15-8-10-16(11-9-15)21-24(27-22(29)20-7-4-12-32-20)33-23(26-21)18(14-25)13-17-5-2-3-6-19(17)28(30)31/h2-13H,1H3,(H,27,29)/b18-13+. The van der Waals surface area contributed by atoms with Crippen molar-refractivity contribution in [3.63, 3.8) is 0 Å². The fourth-order valence-corrected chi connectivity index (χ4v) is 4.02. The zero-order valence-electron chi connectivity index (χ0n) is 17.3. The van der Waals surface area contributed by atoms with Crippen molar-refractivity contribution < 1.29 is 14.1 Å². The van der Waals surface area contributed by atoms with E-state index in [9.17, 15) is 20.2 Å². The summed E-state index contributed by atoms with van der Waals surface area (Å²) >= 11 is 1.10. The van der Waals surface area contributed by atoms with Crippen LogP contribution in [-0.2, 0) is 0 Å². The number of furan rings is 1. The quantitative estimate of drug-likeness (QED) is 0.218. The van der Waals surface area contributed by atoms with Gasteiger partial charge in [0.2, 0.25) is 0 Å². The van der Waals surface area contributed by atoms with Gasteiger partial charge in [0.1, 0.15) is 21.8 Å². The minimum Gasteiger partial charge on any atom is -0.459 e. The molecule has 0 aliphatic rings. The number of benzene rings is 2. The van der Waals surface area contributed by atoms with E-state index >= 15 is 0 Å². The van der Waals surface area contributed by atoms with Gasteiger partial charge in [-0.05, 0) is 31.2 Å². The Balaban J connectivity index is 1.80. The van der Waals surface area contributed by atoms with Crippen LogP contribution in [0.3, 0.4) is 0 Å². The van der Waals surface area contributed by atoms with E-state index in [1.54, 1.807) is 24.3 Å². The Hall–Kier alpha value is -4.55. The predicted octanol–water partition coefficient (Wildman–Crippen LogP) is 5.94. The predicted molar refractivity (Wildman–Crippen MR) is 126 cm³/mol. The largest absolute Gasteiger partial charge is 0.459 e. The molecule has 0 saturated heterocycles. The van der Waals surface area contributed by atoms with Gasteiger partial charge in [-0.1, -0.05) is 53.3 Å². The van der Waals surface area contributed by atoms with Crippen molar-refractivity contribution in [2.24, 2.45) is 0 Å². The zero-order valence-corrected chi connectivity index (χ0v) is 18.1. The molecular formula is C24H16N4O4S. The summed E-state index contributed by atoms with van der Waals surface area (Å²) in [6, 6.07) is 18.9. The Bertz CT molecular complexity index is 1400. The maximum Gasteiger partial charge on any atom is 0.292 e. The Labute approximate surface area is 192 Å². The van der Waals surface area contributed by atoms with Crippen LogP contribution in [0.4, 0.5) is 10.7 Å². The molecule has 9 heteroatoms. The van der Waals surface area contributed by atoms with E-state index < -0.39 is 10.8 Å². The van der Waals surface area contributed by atoms with Crippen LogP contribution in [0.5, 0.6) is 0 Å². The lowest BCUT2D eigenvalue weighted by Gasteiger charge is -2.04. The van der Waals surface area contributed by atoms with Crippen LogP contribution < -0.4 is 5.32 Å². The highest BCUT2D eigenvalue weighted by atomic mass is 32.1. The maximum atomic E-state index is 12.6. The number of carbonyl (C=O) groups is 1. The van der Waals surface area contributed by atoms with Gasteiger partial charge in [0.15, 0.2) is 5.76 Å². The van der Waals surface area contributed by atoms with Gasteiger partial charge in [0, 0.05) is 11.6 Å². The third kappa shape index (κ3) is 4.71. The van der Waals surface area contributed by atoms with Crippen molar-refractivity contribution in [2.75, 3.05) is 5.32 Å². The van der Waals surface area contributed by atoms with Crippen LogP contribution in [0.25, 0.3) is 22.9 Å². The van der Waals surface area contributed by atoms with Crippen LogP contribution >= 0.6 is 11.3 Å². The van der Waals surface area contributed by atoms with Gasteiger partial charge < -0.3 is 9.73 Å². The van der Waals surface area contributed by atoms with Gasteiger partial charge in [0.25, 0.3) is 11.6 Å². The molecule has 0 atom stereocenters. The molecule has 2 aromatic heterocycles. The first-order valence-electron chi connectivity index (χ1n) is 9.74. The number of allylic oxidation sites excluding steroid dienone is 1. The van der Waals surface area contributed by atoms with Gasteiger partial charge in [0.05, 0.1) is 22.3 Å². The number of nitro groups is 1. The van der Waals surface area contributed by atoms with E-state index in [0.29, 0.717) is 15.7 Å². The van der Waals surface area contributed by atoms with E-state index in [-0.39, 0.29) is 22.6 Å². The second-order valence-corrected chi connectivity index (χ2v) is 7.98. The number of para-hydroxylation sites is 1. The first kappa shape index (κ1) is 21.7. The molecular weight excluding hydrogens is 440 g/mol. The van der Waals surface area contributed by atoms with Crippen molar-refractivity contribution in [2.45, 2.75) is 6.92 Å². The number of anilines is 1. The van der Waals surface area contributed by atoms with Crippen LogP contribution in [0.1, 0.15) is 26.7 Å². The molecule has 0 aliphatic carbocycles. The molecule has 2 heterocycles. The van der Waals surface area contributed by atoms with Crippen molar-refractivity contribution in [1.29, 1.82) is 5.26 Å². The average molecular weight is 456 g/mol. The summed E-state index contributed by atoms with van der Waals surface area (Å²) in [6.07, 6.45) is 2.82. The molecule has 1 amide bonds. The lowest BCUT2D eigenvalue weighted by molar-refractivity contribution is -0.385. The second kappa shape index (κ2) is 9.30. The van der Waals surface area contributed by atoms with Gasteiger partial charge in [-0.2, -0.15) is 5.26 Å². The molecule has 1 N–H and O–H groups in total. The Morgan fingerprint density at radius 2 is 1.94 bits per heavy atom. The second-order valence-electron chi connectivity index (χ2n) is 6.98. The van der Waals surface area contributed by atoms with Crippen LogP contribution in [0.15, 0.2) is 71.3 Å². The van der Waals surface area contributed by atoms with E-state index in [1.807, 2.05) is 31.2 Å². The van der Waals surface area contributed by atoms with Crippen molar-refractivity contribution in [3.8, 4) is 17.3 Å². The third-order valence-electron chi connectivity index (χ3n) is 4.71. The summed E-state index contributed by atoms with van der Waals surface area (Å²) < 4.78 is 5.16. The lowest BCUT2D eigenvalue weighted by Crippen LogP contribution is -2.10. The molecule has 0 spiro atoms. The molecule has 4 rings (SSSR count). The summed E-state index contributed by atoms with van der Waals surface area (Å²) in [7, 11) is 0. The smallest absolute Gasteiger partial charge is 0.292 e. The third-order valence-corrected chi connectivity index (χ3v) is 5.71. The summed E-state index contributed by atoms with van der Waals surface area (Å²) in [6.45, 7) is 1.96. The van der Waals surface area contributed by atoms with E-state index in [0.717, 1.165) is 22.5 Å².